The summed E-state index contributed by atoms with van der Waals surface area (Å²) in [6, 6.07) is 12.5. The van der Waals surface area contributed by atoms with Gasteiger partial charge in [-0.25, -0.2) is 4.98 Å². The summed E-state index contributed by atoms with van der Waals surface area (Å²) in [5, 5.41) is 8.69. The first-order valence-corrected chi connectivity index (χ1v) is 5.58. The van der Waals surface area contributed by atoms with E-state index in [2.05, 4.69) is 11.1 Å². The van der Waals surface area contributed by atoms with Crippen molar-refractivity contribution in [2.45, 2.75) is 13.0 Å². The molecule has 0 radical (unpaired) electrons. The van der Waals surface area contributed by atoms with E-state index >= 15 is 0 Å². The molecule has 4 nitrogen and oxygen atoms in total. The van der Waals surface area contributed by atoms with Crippen molar-refractivity contribution >= 4 is 0 Å². The van der Waals surface area contributed by atoms with E-state index in [-0.39, 0.29) is 6.04 Å². The molecule has 0 saturated carbocycles. The monoisotopic (exact) mass is 239 g/mol. The van der Waals surface area contributed by atoms with E-state index in [1.54, 1.807) is 36.5 Å². The maximum atomic E-state index is 8.69. The zero-order valence-corrected chi connectivity index (χ0v) is 10.00. The van der Waals surface area contributed by atoms with Crippen molar-refractivity contribution in [2.24, 2.45) is 5.73 Å². The number of nitriles is 1. The van der Waals surface area contributed by atoms with Gasteiger partial charge in [0, 0.05) is 18.3 Å². The van der Waals surface area contributed by atoms with Crippen LogP contribution in [0.4, 0.5) is 0 Å². The second-order valence-electron chi connectivity index (χ2n) is 3.96. The number of ether oxygens (including phenoxy) is 1. The second kappa shape index (κ2) is 5.30. The Hall–Kier alpha value is -2.38. The second-order valence-corrected chi connectivity index (χ2v) is 3.96. The number of pyridine rings is 1. The minimum absolute atomic E-state index is 0.0403. The van der Waals surface area contributed by atoms with Crippen molar-refractivity contribution in [3.63, 3.8) is 0 Å². The van der Waals surface area contributed by atoms with Crippen molar-refractivity contribution in [3.8, 4) is 17.7 Å². The number of nitrogens with zero attached hydrogens (tertiary/aromatic N) is 2. The average molecular weight is 239 g/mol. The molecule has 0 aliphatic carbocycles. The lowest BCUT2D eigenvalue weighted by Gasteiger charge is -2.07. The van der Waals surface area contributed by atoms with Crippen LogP contribution in [-0.4, -0.2) is 4.98 Å². The molecule has 0 spiro atoms. The molecular formula is C14H13N3O. The molecule has 1 aromatic heterocycles. The van der Waals surface area contributed by atoms with E-state index in [9.17, 15) is 0 Å². The third-order valence-electron chi connectivity index (χ3n) is 2.49. The molecule has 2 rings (SSSR count). The third kappa shape index (κ3) is 2.84. The van der Waals surface area contributed by atoms with Gasteiger partial charge in [0.05, 0.1) is 11.6 Å². The smallest absolute Gasteiger partial charge is 0.219 e. The van der Waals surface area contributed by atoms with Gasteiger partial charge in [-0.05, 0) is 36.8 Å². The van der Waals surface area contributed by atoms with Crippen LogP contribution >= 0.6 is 0 Å². The Morgan fingerprint density at radius 1 is 1.22 bits per heavy atom. The number of rotatable bonds is 3. The molecule has 0 fully saturated rings. The van der Waals surface area contributed by atoms with Gasteiger partial charge in [0.1, 0.15) is 5.75 Å². The summed E-state index contributed by atoms with van der Waals surface area (Å²) in [6.07, 6.45) is 1.70. The summed E-state index contributed by atoms with van der Waals surface area (Å²) in [7, 11) is 0. The molecule has 0 unspecified atom stereocenters. The molecule has 0 bridgehead atoms. The SMILES string of the molecule is C[C@@H](N)c1ccc(Oc2ccc(C#N)cc2)nc1. The fourth-order valence-electron chi connectivity index (χ4n) is 1.44. The fraction of sp³-hybridized carbons (Fsp3) is 0.143. The average Bonchev–Trinajstić information content (AvgIpc) is 2.40. The molecule has 2 aromatic rings. The summed E-state index contributed by atoms with van der Waals surface area (Å²) in [4.78, 5) is 4.17. The molecule has 0 amide bonds. The van der Waals surface area contributed by atoms with E-state index in [0.717, 1.165) is 5.56 Å². The summed E-state index contributed by atoms with van der Waals surface area (Å²) in [5.74, 6) is 1.15. The van der Waals surface area contributed by atoms with Crippen molar-refractivity contribution in [3.05, 3.63) is 53.7 Å². The molecule has 1 aromatic carbocycles. The van der Waals surface area contributed by atoms with Gasteiger partial charge in [0.25, 0.3) is 0 Å². The highest BCUT2D eigenvalue weighted by atomic mass is 16.5. The van der Waals surface area contributed by atoms with E-state index in [1.165, 1.54) is 0 Å². The van der Waals surface area contributed by atoms with E-state index < -0.39 is 0 Å². The summed E-state index contributed by atoms with van der Waals surface area (Å²) in [5.41, 5.74) is 7.30. The third-order valence-corrected chi connectivity index (χ3v) is 2.49. The van der Waals surface area contributed by atoms with Gasteiger partial charge in [0.2, 0.25) is 5.88 Å². The van der Waals surface area contributed by atoms with Gasteiger partial charge in [-0.15, -0.1) is 0 Å². The van der Waals surface area contributed by atoms with Gasteiger partial charge >= 0.3 is 0 Å². The van der Waals surface area contributed by atoms with Crippen molar-refractivity contribution in [2.75, 3.05) is 0 Å². The Labute approximate surface area is 106 Å². The normalized spacial score (nSPS) is 11.6. The Morgan fingerprint density at radius 3 is 2.44 bits per heavy atom. The topological polar surface area (TPSA) is 71.9 Å². The Balaban J connectivity index is 2.11. The Kier molecular flexibility index (Phi) is 3.56. The molecular weight excluding hydrogens is 226 g/mol. The lowest BCUT2D eigenvalue weighted by atomic mass is 10.2. The predicted octanol–water partition coefficient (Wildman–Crippen LogP) is 2.77. The highest BCUT2D eigenvalue weighted by Crippen LogP contribution is 2.20. The van der Waals surface area contributed by atoms with Crippen LogP contribution in [-0.2, 0) is 0 Å². The molecule has 2 N–H and O–H groups in total. The van der Waals surface area contributed by atoms with Crippen molar-refractivity contribution < 1.29 is 4.74 Å². The van der Waals surface area contributed by atoms with Crippen LogP contribution < -0.4 is 10.5 Å². The van der Waals surface area contributed by atoms with Crippen LogP contribution in [0.15, 0.2) is 42.6 Å². The highest BCUT2D eigenvalue weighted by Gasteiger charge is 2.02. The molecule has 0 saturated heterocycles. The van der Waals surface area contributed by atoms with Gasteiger partial charge in [-0.2, -0.15) is 5.26 Å². The highest BCUT2D eigenvalue weighted by molar-refractivity contribution is 5.36. The minimum Gasteiger partial charge on any atom is -0.439 e. The van der Waals surface area contributed by atoms with Crippen LogP contribution in [0.1, 0.15) is 24.1 Å². The first-order valence-electron chi connectivity index (χ1n) is 5.58. The quantitative estimate of drug-likeness (QED) is 0.893. The zero-order valence-electron chi connectivity index (χ0n) is 10.00. The van der Waals surface area contributed by atoms with Crippen molar-refractivity contribution in [1.82, 2.24) is 4.98 Å². The van der Waals surface area contributed by atoms with Gasteiger partial charge in [0.15, 0.2) is 0 Å². The number of hydrogen-bond acceptors (Lipinski definition) is 4. The summed E-state index contributed by atoms with van der Waals surface area (Å²) < 4.78 is 5.55. The number of nitrogens with two attached hydrogens (primary N) is 1. The first-order chi connectivity index (χ1) is 8.69. The Bertz CT molecular complexity index is 553. The first kappa shape index (κ1) is 12.1. The predicted molar refractivity (Wildman–Crippen MR) is 68.1 cm³/mol. The molecule has 1 heterocycles. The van der Waals surface area contributed by atoms with Crippen LogP contribution in [0.5, 0.6) is 11.6 Å². The number of hydrogen-bond donors (Lipinski definition) is 1. The molecule has 0 aliphatic heterocycles. The molecule has 90 valence electrons. The zero-order chi connectivity index (χ0) is 13.0. The van der Waals surface area contributed by atoms with Crippen LogP contribution in [0.3, 0.4) is 0 Å². The van der Waals surface area contributed by atoms with Gasteiger partial charge in [-0.3, -0.25) is 0 Å². The maximum absolute atomic E-state index is 8.69. The standard InChI is InChI=1S/C14H13N3O/c1-10(16)12-4-7-14(17-9-12)18-13-5-2-11(8-15)3-6-13/h2-7,9-10H,16H2,1H3/t10-/m1/s1. The minimum atomic E-state index is -0.0403. The van der Waals surface area contributed by atoms with E-state index in [0.29, 0.717) is 17.2 Å². The largest absolute Gasteiger partial charge is 0.439 e. The van der Waals surface area contributed by atoms with Crippen molar-refractivity contribution in [1.29, 1.82) is 5.26 Å². The van der Waals surface area contributed by atoms with Crippen LogP contribution in [0, 0.1) is 11.3 Å². The molecule has 0 aliphatic rings. The molecule has 18 heavy (non-hydrogen) atoms. The fourth-order valence-corrected chi connectivity index (χ4v) is 1.44. The summed E-state index contributed by atoms with van der Waals surface area (Å²) >= 11 is 0. The summed E-state index contributed by atoms with van der Waals surface area (Å²) in [6.45, 7) is 1.90. The van der Waals surface area contributed by atoms with Gasteiger partial charge < -0.3 is 10.5 Å². The van der Waals surface area contributed by atoms with Crippen LogP contribution in [0.25, 0.3) is 0 Å². The molecule has 4 heteroatoms. The maximum Gasteiger partial charge on any atom is 0.219 e. The number of aromatic nitrogens is 1. The van der Waals surface area contributed by atoms with E-state index in [1.807, 2.05) is 13.0 Å². The molecule has 1 atom stereocenters. The van der Waals surface area contributed by atoms with Crippen LogP contribution in [0.2, 0.25) is 0 Å². The lowest BCUT2D eigenvalue weighted by Crippen LogP contribution is -2.05. The Morgan fingerprint density at radius 2 is 1.94 bits per heavy atom. The lowest BCUT2D eigenvalue weighted by molar-refractivity contribution is 0.462. The number of benzene rings is 1. The van der Waals surface area contributed by atoms with E-state index in [4.69, 9.17) is 15.7 Å². The van der Waals surface area contributed by atoms with Gasteiger partial charge in [-0.1, -0.05) is 6.07 Å².